The lowest BCUT2D eigenvalue weighted by atomic mass is 9.84. The highest BCUT2D eigenvalue weighted by Gasteiger charge is 2.43. The Bertz CT molecular complexity index is 1610. The Kier molecular flexibility index (Phi) is 16.3. The van der Waals surface area contributed by atoms with Gasteiger partial charge in [-0.25, -0.2) is 4.79 Å². The standard InChI is InChI=1S/C43H62N4O6SSi/c1-28(2)35(44)39(49)46-36(29(3)4)40(50)45-34(38(48)47-37(41(51)52-9)30(5)53-55(10,11)42(6,7)8)27-54-43(31-21-15-12-16-22-31,32-23-17-13-18-24-32)33-25-19-14-20-26-33/h12-26,28-30,34-37H,27,44H2,1-11H3,(H,45,50)(H,46,49)(H,47,48)/t30-,34-,35-,36-,37+/m1/s1. The molecule has 0 spiro atoms. The third-order valence-electron chi connectivity index (χ3n) is 10.4. The number of nitrogens with two attached hydrogens (primary N) is 1. The second-order valence-corrected chi connectivity index (χ2v) is 22.2. The summed E-state index contributed by atoms with van der Waals surface area (Å²) in [5.41, 5.74) is 9.07. The monoisotopic (exact) mass is 790 g/mol. The van der Waals surface area contributed by atoms with Gasteiger partial charge in [-0.05, 0) is 53.6 Å². The normalized spacial score (nSPS) is 15.0. The molecule has 12 heteroatoms. The highest BCUT2D eigenvalue weighted by Crippen LogP contribution is 2.48. The van der Waals surface area contributed by atoms with Gasteiger partial charge in [0, 0.05) is 5.75 Å². The Morgan fingerprint density at radius 2 is 1.11 bits per heavy atom. The van der Waals surface area contributed by atoms with E-state index in [0.29, 0.717) is 0 Å². The van der Waals surface area contributed by atoms with Crippen LogP contribution < -0.4 is 21.7 Å². The second kappa shape index (κ2) is 19.8. The molecule has 0 radical (unpaired) electrons. The van der Waals surface area contributed by atoms with Crippen LogP contribution in [0.5, 0.6) is 0 Å². The van der Waals surface area contributed by atoms with Crippen LogP contribution in [0.25, 0.3) is 0 Å². The van der Waals surface area contributed by atoms with E-state index < -0.39 is 67.0 Å². The molecule has 0 aliphatic carbocycles. The van der Waals surface area contributed by atoms with Gasteiger partial charge in [0.15, 0.2) is 14.4 Å². The predicted molar refractivity (Wildman–Crippen MR) is 225 cm³/mol. The lowest BCUT2D eigenvalue weighted by Crippen LogP contribution is -2.61. The van der Waals surface area contributed by atoms with Gasteiger partial charge in [0.25, 0.3) is 0 Å². The summed E-state index contributed by atoms with van der Waals surface area (Å²) in [5.74, 6) is -2.69. The van der Waals surface area contributed by atoms with Crippen LogP contribution in [0.15, 0.2) is 91.0 Å². The summed E-state index contributed by atoms with van der Waals surface area (Å²) in [7, 11) is -1.13. The highest BCUT2D eigenvalue weighted by atomic mass is 32.2. The van der Waals surface area contributed by atoms with E-state index >= 15 is 0 Å². The van der Waals surface area contributed by atoms with Crippen LogP contribution in [-0.2, 0) is 33.1 Å². The molecular formula is C43H62N4O6SSi. The lowest BCUT2D eigenvalue weighted by molar-refractivity contribution is -0.148. The Hall–Kier alpha value is -3.97. The van der Waals surface area contributed by atoms with Crippen molar-refractivity contribution in [3.8, 4) is 0 Å². The molecule has 5 N–H and O–H groups in total. The van der Waals surface area contributed by atoms with Gasteiger partial charge in [0.1, 0.15) is 12.1 Å². The first-order chi connectivity index (χ1) is 25.8. The van der Waals surface area contributed by atoms with E-state index in [0.717, 1.165) is 16.7 Å². The Morgan fingerprint density at radius 1 is 0.673 bits per heavy atom. The van der Waals surface area contributed by atoms with Crippen LogP contribution in [0.2, 0.25) is 18.1 Å². The summed E-state index contributed by atoms with van der Waals surface area (Å²) >= 11 is 1.49. The molecule has 0 bridgehead atoms. The minimum atomic E-state index is -2.39. The van der Waals surface area contributed by atoms with E-state index in [1.54, 1.807) is 6.92 Å². The fourth-order valence-electron chi connectivity index (χ4n) is 5.97. The molecule has 0 aliphatic rings. The topological polar surface area (TPSA) is 149 Å². The summed E-state index contributed by atoms with van der Waals surface area (Å²) in [6, 6.07) is 25.9. The van der Waals surface area contributed by atoms with E-state index in [1.807, 2.05) is 82.3 Å². The van der Waals surface area contributed by atoms with Gasteiger partial charge in [0.05, 0.1) is 24.0 Å². The number of thioether (sulfide) groups is 1. The van der Waals surface area contributed by atoms with E-state index in [-0.39, 0.29) is 22.6 Å². The molecule has 0 fully saturated rings. The first-order valence-electron chi connectivity index (χ1n) is 19.0. The van der Waals surface area contributed by atoms with Crippen molar-refractivity contribution in [1.82, 2.24) is 16.0 Å². The molecule has 55 heavy (non-hydrogen) atoms. The van der Waals surface area contributed by atoms with Crippen molar-refractivity contribution in [1.29, 1.82) is 0 Å². The number of methoxy groups -OCH3 is 1. The number of hydrogen-bond donors (Lipinski definition) is 4. The van der Waals surface area contributed by atoms with Crippen molar-refractivity contribution >= 4 is 43.8 Å². The van der Waals surface area contributed by atoms with E-state index in [4.69, 9.17) is 14.9 Å². The van der Waals surface area contributed by atoms with Crippen molar-refractivity contribution < 1.29 is 28.3 Å². The Labute approximate surface area is 333 Å². The summed E-state index contributed by atoms with van der Waals surface area (Å²) in [4.78, 5) is 55.2. The average molecular weight is 791 g/mol. The van der Waals surface area contributed by atoms with Crippen molar-refractivity contribution in [2.75, 3.05) is 12.9 Å². The molecule has 3 amide bonds. The first kappa shape index (κ1) is 45.4. The number of benzene rings is 3. The van der Waals surface area contributed by atoms with Crippen molar-refractivity contribution in [2.45, 2.75) is 109 Å². The van der Waals surface area contributed by atoms with Crippen LogP contribution in [0.1, 0.15) is 72.1 Å². The van der Waals surface area contributed by atoms with Crippen molar-refractivity contribution in [3.63, 3.8) is 0 Å². The SMILES string of the molecule is COC(=O)[C@@H](NC(=O)[C@@H](CSC(c1ccccc1)(c1ccccc1)c1ccccc1)NC(=O)[C@H](NC(=O)[C@H](N)C(C)C)C(C)C)[C@@H](C)O[Si](C)(C)C(C)(C)C. The summed E-state index contributed by atoms with van der Waals surface area (Å²) in [6.07, 6.45) is -0.737. The molecule has 3 rings (SSSR count). The third kappa shape index (κ3) is 11.5. The van der Waals surface area contributed by atoms with Crippen LogP contribution in [0.3, 0.4) is 0 Å². The number of esters is 1. The molecule has 300 valence electrons. The number of ether oxygens (including phenoxy) is 1. The van der Waals surface area contributed by atoms with Crippen LogP contribution in [0, 0.1) is 11.8 Å². The van der Waals surface area contributed by atoms with Gasteiger partial charge in [0.2, 0.25) is 17.7 Å². The molecule has 5 atom stereocenters. The molecule has 0 heterocycles. The van der Waals surface area contributed by atoms with E-state index in [9.17, 15) is 19.2 Å². The zero-order valence-electron chi connectivity index (χ0n) is 34.3. The number of nitrogens with one attached hydrogen (secondary N) is 3. The van der Waals surface area contributed by atoms with Gasteiger partial charge in [-0.3, -0.25) is 14.4 Å². The lowest BCUT2D eigenvalue weighted by Gasteiger charge is -2.40. The summed E-state index contributed by atoms with van der Waals surface area (Å²) < 4.78 is 10.9. The fraction of sp³-hybridized carbons (Fsp3) is 0.488. The average Bonchev–Trinajstić information content (AvgIpc) is 3.15. The van der Waals surface area contributed by atoms with Gasteiger partial charge < -0.3 is 30.8 Å². The summed E-state index contributed by atoms with van der Waals surface area (Å²) in [5, 5.41) is 8.50. The fourth-order valence-corrected chi connectivity index (χ4v) is 8.95. The van der Waals surface area contributed by atoms with Crippen LogP contribution >= 0.6 is 11.8 Å². The van der Waals surface area contributed by atoms with Crippen LogP contribution in [-0.4, -0.2) is 75.1 Å². The molecule has 3 aromatic rings. The molecule has 0 unspecified atom stereocenters. The minimum absolute atomic E-state index is 0.0753. The van der Waals surface area contributed by atoms with Gasteiger partial charge >= 0.3 is 5.97 Å². The zero-order chi connectivity index (χ0) is 41.1. The van der Waals surface area contributed by atoms with Crippen molar-refractivity contribution in [2.24, 2.45) is 17.6 Å². The van der Waals surface area contributed by atoms with E-state index in [2.05, 4.69) is 86.2 Å². The first-order valence-corrected chi connectivity index (χ1v) is 22.9. The molecule has 3 aromatic carbocycles. The smallest absolute Gasteiger partial charge is 0.331 e. The third-order valence-corrected chi connectivity index (χ3v) is 16.6. The second-order valence-electron chi connectivity index (χ2n) is 16.2. The largest absolute Gasteiger partial charge is 0.467 e. The van der Waals surface area contributed by atoms with Gasteiger partial charge in [-0.15, -0.1) is 11.8 Å². The molecule has 0 aromatic heterocycles. The maximum absolute atomic E-state index is 14.6. The Morgan fingerprint density at radius 3 is 1.49 bits per heavy atom. The zero-order valence-corrected chi connectivity index (χ0v) is 36.2. The quantitative estimate of drug-likeness (QED) is 0.0659. The number of carbonyl (C=O) groups excluding carboxylic acids is 4. The number of amides is 3. The Balaban J connectivity index is 2.14. The molecule has 0 saturated heterocycles. The molecule has 0 saturated carbocycles. The highest BCUT2D eigenvalue weighted by molar-refractivity contribution is 8.00. The molecule has 10 nitrogen and oxygen atoms in total. The molecular weight excluding hydrogens is 729 g/mol. The predicted octanol–water partition coefficient (Wildman–Crippen LogP) is 6.39. The minimum Gasteiger partial charge on any atom is -0.467 e. The number of carbonyl (C=O) groups is 4. The van der Waals surface area contributed by atoms with Gasteiger partial charge in [-0.2, -0.15) is 0 Å². The number of hydrogen-bond acceptors (Lipinski definition) is 8. The van der Waals surface area contributed by atoms with E-state index in [1.165, 1.54) is 18.9 Å². The summed E-state index contributed by atoms with van der Waals surface area (Å²) in [6.45, 7) is 19.5. The maximum atomic E-state index is 14.6. The van der Waals surface area contributed by atoms with Crippen LogP contribution in [0.4, 0.5) is 0 Å². The van der Waals surface area contributed by atoms with Crippen molar-refractivity contribution in [3.05, 3.63) is 108 Å². The maximum Gasteiger partial charge on any atom is 0.331 e. The molecule has 0 aliphatic heterocycles. The van der Waals surface area contributed by atoms with Gasteiger partial charge in [-0.1, -0.05) is 139 Å². The number of rotatable bonds is 18.